The van der Waals surface area contributed by atoms with Crippen LogP contribution in [0.3, 0.4) is 0 Å². The fourth-order valence-electron chi connectivity index (χ4n) is 2.55. The first-order valence-corrected chi connectivity index (χ1v) is 6.95. The number of rotatable bonds is 5. The minimum atomic E-state index is -0.450. The van der Waals surface area contributed by atoms with Crippen molar-refractivity contribution in [3.05, 3.63) is 12.2 Å². The monoisotopic (exact) mass is 284 g/mol. The number of ether oxygens (including phenoxy) is 4. The van der Waals surface area contributed by atoms with E-state index < -0.39 is 12.1 Å². The second-order valence-electron chi connectivity index (χ2n) is 4.75. The maximum absolute atomic E-state index is 11.7. The summed E-state index contributed by atoms with van der Waals surface area (Å²) in [6, 6.07) is 0. The van der Waals surface area contributed by atoms with Crippen LogP contribution >= 0.6 is 0 Å². The maximum atomic E-state index is 11.7. The van der Waals surface area contributed by atoms with Gasteiger partial charge in [-0.05, 0) is 19.9 Å². The van der Waals surface area contributed by atoms with Crippen molar-refractivity contribution < 1.29 is 28.5 Å². The van der Waals surface area contributed by atoms with Crippen LogP contribution in [0.1, 0.15) is 26.7 Å². The fraction of sp³-hybridized carbons (Fsp3) is 0.714. The van der Waals surface area contributed by atoms with Crippen molar-refractivity contribution in [1.82, 2.24) is 0 Å². The van der Waals surface area contributed by atoms with Crippen LogP contribution in [0.2, 0.25) is 0 Å². The molecule has 0 bridgehead atoms. The van der Waals surface area contributed by atoms with E-state index in [9.17, 15) is 9.59 Å². The Morgan fingerprint density at radius 1 is 1.40 bits per heavy atom. The molecule has 0 aromatic heterocycles. The Bertz CT molecular complexity index is 391. The molecule has 1 fully saturated rings. The van der Waals surface area contributed by atoms with Gasteiger partial charge in [-0.2, -0.15) is 0 Å². The zero-order valence-corrected chi connectivity index (χ0v) is 11.7. The quantitative estimate of drug-likeness (QED) is 0.706. The molecule has 2 rings (SSSR count). The average molecular weight is 284 g/mol. The van der Waals surface area contributed by atoms with Gasteiger partial charge in [-0.1, -0.05) is 0 Å². The van der Waals surface area contributed by atoms with Crippen LogP contribution < -0.4 is 0 Å². The van der Waals surface area contributed by atoms with Crippen LogP contribution in [0, 0.1) is 5.92 Å². The molecule has 0 aromatic carbocycles. The summed E-state index contributed by atoms with van der Waals surface area (Å²) in [5.41, 5.74) is 0. The van der Waals surface area contributed by atoms with Crippen molar-refractivity contribution in [2.75, 3.05) is 13.2 Å². The smallest absolute Gasteiger partial charge is 0.330 e. The van der Waals surface area contributed by atoms with Crippen molar-refractivity contribution in [1.29, 1.82) is 0 Å². The van der Waals surface area contributed by atoms with Gasteiger partial charge in [-0.25, -0.2) is 4.79 Å². The third-order valence-electron chi connectivity index (χ3n) is 3.35. The predicted octanol–water partition coefficient (Wildman–Crippen LogP) is 1.19. The lowest BCUT2D eigenvalue weighted by Crippen LogP contribution is -2.49. The predicted molar refractivity (Wildman–Crippen MR) is 68.7 cm³/mol. The fourth-order valence-corrected chi connectivity index (χ4v) is 2.55. The molecule has 4 atom stereocenters. The summed E-state index contributed by atoms with van der Waals surface area (Å²) in [5.74, 6) is -0.851. The highest BCUT2D eigenvalue weighted by molar-refractivity contribution is 5.83. The molecule has 6 nitrogen and oxygen atoms in total. The SMILES string of the molecule is CCOC(=O)C[C@H]1C[C@H](OCC)O[C@H]2C=CC(=O)O[C@H]12. The average Bonchev–Trinajstić information content (AvgIpc) is 2.40. The van der Waals surface area contributed by atoms with Gasteiger partial charge >= 0.3 is 11.9 Å². The summed E-state index contributed by atoms with van der Waals surface area (Å²) < 4.78 is 21.5. The van der Waals surface area contributed by atoms with Crippen LogP contribution in [-0.4, -0.2) is 43.7 Å². The first kappa shape index (κ1) is 15.0. The van der Waals surface area contributed by atoms with Crippen molar-refractivity contribution >= 4 is 11.9 Å². The first-order chi connectivity index (χ1) is 9.63. The topological polar surface area (TPSA) is 71.1 Å². The zero-order valence-electron chi connectivity index (χ0n) is 11.7. The molecule has 0 aliphatic carbocycles. The second kappa shape index (κ2) is 6.85. The minimum Gasteiger partial charge on any atom is -0.466 e. The van der Waals surface area contributed by atoms with E-state index in [0.29, 0.717) is 19.6 Å². The van der Waals surface area contributed by atoms with Gasteiger partial charge in [0, 0.05) is 25.0 Å². The Morgan fingerprint density at radius 3 is 2.90 bits per heavy atom. The highest BCUT2D eigenvalue weighted by Gasteiger charge is 2.43. The van der Waals surface area contributed by atoms with Crippen molar-refractivity contribution in [2.24, 2.45) is 5.92 Å². The molecule has 0 aromatic rings. The molecule has 0 amide bonds. The number of carbonyl (C=O) groups excluding carboxylic acids is 2. The molecule has 112 valence electrons. The van der Waals surface area contributed by atoms with Gasteiger partial charge < -0.3 is 18.9 Å². The molecule has 2 aliphatic rings. The van der Waals surface area contributed by atoms with E-state index in [1.807, 2.05) is 6.92 Å². The van der Waals surface area contributed by atoms with Crippen LogP contribution in [0.25, 0.3) is 0 Å². The molecular formula is C14H20O6. The third-order valence-corrected chi connectivity index (χ3v) is 3.35. The maximum Gasteiger partial charge on any atom is 0.330 e. The first-order valence-electron chi connectivity index (χ1n) is 6.95. The van der Waals surface area contributed by atoms with Crippen LogP contribution in [0.15, 0.2) is 12.2 Å². The van der Waals surface area contributed by atoms with Gasteiger partial charge in [-0.15, -0.1) is 0 Å². The minimum absolute atomic E-state index is 0.154. The molecule has 0 unspecified atom stereocenters. The third kappa shape index (κ3) is 3.58. The molecule has 0 saturated carbocycles. The van der Waals surface area contributed by atoms with Gasteiger partial charge in [0.05, 0.1) is 13.0 Å². The molecule has 6 heteroatoms. The van der Waals surface area contributed by atoms with E-state index in [1.165, 1.54) is 6.08 Å². The number of hydrogen-bond donors (Lipinski definition) is 0. The molecule has 2 aliphatic heterocycles. The van der Waals surface area contributed by atoms with E-state index in [4.69, 9.17) is 18.9 Å². The lowest BCUT2D eigenvalue weighted by Gasteiger charge is -2.40. The lowest BCUT2D eigenvalue weighted by atomic mass is 9.87. The van der Waals surface area contributed by atoms with Gasteiger partial charge in [0.2, 0.25) is 0 Å². The summed E-state index contributed by atoms with van der Waals surface area (Å²) in [4.78, 5) is 23.0. The highest BCUT2D eigenvalue weighted by Crippen LogP contribution is 2.33. The molecule has 20 heavy (non-hydrogen) atoms. The Hall–Kier alpha value is -1.40. The molecule has 0 radical (unpaired) electrons. The van der Waals surface area contributed by atoms with Crippen LogP contribution in [0.4, 0.5) is 0 Å². The second-order valence-corrected chi connectivity index (χ2v) is 4.75. The number of fused-ring (bicyclic) bond motifs is 1. The van der Waals surface area contributed by atoms with E-state index in [0.717, 1.165) is 0 Å². The zero-order chi connectivity index (χ0) is 14.5. The standard InChI is InChI=1S/C14H20O6/c1-3-17-12(16)7-9-8-13(18-4-2)19-10-5-6-11(15)20-14(9)10/h5-6,9-10,13-14H,3-4,7-8H2,1-2H3/t9-,10-,13+,14+/m0/s1. The normalized spacial score (nSPS) is 32.4. The van der Waals surface area contributed by atoms with Crippen molar-refractivity contribution in [3.8, 4) is 0 Å². The van der Waals surface area contributed by atoms with E-state index in [-0.39, 0.29) is 30.7 Å². The molecule has 2 heterocycles. The number of carbonyl (C=O) groups is 2. The molecular weight excluding hydrogens is 264 g/mol. The lowest BCUT2D eigenvalue weighted by molar-refractivity contribution is -0.235. The van der Waals surface area contributed by atoms with Crippen LogP contribution in [0.5, 0.6) is 0 Å². The summed E-state index contributed by atoms with van der Waals surface area (Å²) >= 11 is 0. The summed E-state index contributed by atoms with van der Waals surface area (Å²) in [6.07, 6.45) is 2.52. The summed E-state index contributed by atoms with van der Waals surface area (Å²) in [6.45, 7) is 4.51. The largest absolute Gasteiger partial charge is 0.466 e. The Morgan fingerprint density at radius 2 is 2.20 bits per heavy atom. The number of hydrogen-bond acceptors (Lipinski definition) is 6. The van der Waals surface area contributed by atoms with Gasteiger partial charge in [-0.3, -0.25) is 4.79 Å². The van der Waals surface area contributed by atoms with Gasteiger partial charge in [0.1, 0.15) is 12.2 Å². The van der Waals surface area contributed by atoms with E-state index in [2.05, 4.69) is 0 Å². The van der Waals surface area contributed by atoms with Crippen LogP contribution in [-0.2, 0) is 28.5 Å². The summed E-state index contributed by atoms with van der Waals surface area (Å²) in [7, 11) is 0. The number of esters is 2. The van der Waals surface area contributed by atoms with Gasteiger partial charge in [0.25, 0.3) is 0 Å². The molecule has 0 N–H and O–H groups in total. The molecule has 0 spiro atoms. The van der Waals surface area contributed by atoms with Crippen molar-refractivity contribution in [2.45, 2.75) is 45.2 Å². The summed E-state index contributed by atoms with van der Waals surface area (Å²) in [5, 5.41) is 0. The van der Waals surface area contributed by atoms with E-state index >= 15 is 0 Å². The Balaban J connectivity index is 2.07. The van der Waals surface area contributed by atoms with E-state index in [1.54, 1.807) is 13.0 Å². The Labute approximate surface area is 118 Å². The van der Waals surface area contributed by atoms with Gasteiger partial charge in [0.15, 0.2) is 6.29 Å². The highest BCUT2D eigenvalue weighted by atomic mass is 16.7. The van der Waals surface area contributed by atoms with Crippen molar-refractivity contribution in [3.63, 3.8) is 0 Å². The molecule has 1 saturated heterocycles. The Kier molecular flexibility index (Phi) is 5.14.